The molecule has 0 spiro atoms. The van der Waals surface area contributed by atoms with Crippen molar-refractivity contribution in [2.45, 2.75) is 11.1 Å². The smallest absolute Gasteiger partial charge is 0.402 e. The van der Waals surface area contributed by atoms with Gasteiger partial charge in [0, 0.05) is 11.5 Å². The lowest BCUT2D eigenvalue weighted by Gasteiger charge is -2.19. The van der Waals surface area contributed by atoms with Crippen LogP contribution < -0.4 is 0 Å². The Morgan fingerprint density at radius 1 is 1.38 bits per heavy atom. The summed E-state index contributed by atoms with van der Waals surface area (Å²) in [6.45, 7) is -1.83. The van der Waals surface area contributed by atoms with Crippen LogP contribution in [0.2, 0.25) is 0 Å². The van der Waals surface area contributed by atoms with Gasteiger partial charge in [-0.2, -0.15) is 17.5 Å². The van der Waals surface area contributed by atoms with Gasteiger partial charge in [-0.3, -0.25) is 0 Å². The van der Waals surface area contributed by atoms with Crippen molar-refractivity contribution in [2.24, 2.45) is 0 Å². The van der Waals surface area contributed by atoms with Gasteiger partial charge >= 0.3 is 12.1 Å². The van der Waals surface area contributed by atoms with Crippen molar-refractivity contribution in [3.8, 4) is 0 Å². The molecule has 11 heteroatoms. The van der Waals surface area contributed by atoms with E-state index in [1.807, 2.05) is 0 Å². The summed E-state index contributed by atoms with van der Waals surface area (Å²) in [4.78, 5) is 9.65. The Balaban J connectivity index is 3.42. The van der Waals surface area contributed by atoms with E-state index in [4.69, 9.17) is 5.11 Å². The fraction of sp³-hybridized carbons (Fsp3) is 0.300. The zero-order valence-electron chi connectivity index (χ0n) is 10.3. The molecule has 0 saturated heterocycles. The van der Waals surface area contributed by atoms with Gasteiger partial charge in [0.05, 0.1) is 5.56 Å². The Labute approximate surface area is 125 Å². The molecule has 21 heavy (non-hydrogen) atoms. The first-order chi connectivity index (χ1) is 9.36. The molecule has 0 aliphatic carbocycles. The Hall–Kier alpha value is -1.20. The number of halogens is 5. The lowest BCUT2D eigenvalue weighted by Crippen LogP contribution is -2.36. The van der Waals surface area contributed by atoms with Crippen molar-refractivity contribution in [2.75, 3.05) is 13.6 Å². The molecule has 118 valence electrons. The van der Waals surface area contributed by atoms with Gasteiger partial charge in [0.2, 0.25) is 10.0 Å². The molecule has 0 aromatic heterocycles. The van der Waals surface area contributed by atoms with E-state index in [-0.39, 0.29) is 8.78 Å². The molecule has 0 bridgehead atoms. The summed E-state index contributed by atoms with van der Waals surface area (Å²) >= 11 is 2.78. The molecule has 0 amide bonds. The average Bonchev–Trinajstić information content (AvgIpc) is 2.28. The Morgan fingerprint density at radius 2 is 1.90 bits per heavy atom. The molecule has 1 aromatic rings. The fourth-order valence-corrected chi connectivity index (χ4v) is 3.29. The summed E-state index contributed by atoms with van der Waals surface area (Å²) in [5.74, 6) is -3.37. The molecule has 0 saturated carbocycles. The zero-order chi connectivity index (χ0) is 16.6. The lowest BCUT2D eigenvalue weighted by molar-refractivity contribution is -0.134. The Morgan fingerprint density at radius 3 is 2.33 bits per heavy atom. The van der Waals surface area contributed by atoms with Gasteiger partial charge in [-0.15, -0.1) is 0 Å². The topological polar surface area (TPSA) is 74.7 Å². The van der Waals surface area contributed by atoms with Crippen LogP contribution in [0.1, 0.15) is 10.4 Å². The number of alkyl halides is 3. The molecular weight excluding hydrogens is 386 g/mol. The third kappa shape index (κ3) is 4.14. The molecule has 1 aromatic carbocycles. The second-order valence-corrected chi connectivity index (χ2v) is 6.88. The van der Waals surface area contributed by atoms with Crippen LogP contribution >= 0.6 is 15.9 Å². The number of hydrogen-bond acceptors (Lipinski definition) is 3. The van der Waals surface area contributed by atoms with Crippen molar-refractivity contribution < 1.29 is 35.9 Å². The first kappa shape index (κ1) is 17.9. The molecular formula is C10H8BrF4NO4S. The lowest BCUT2D eigenvalue weighted by atomic mass is 10.2. The number of carboxylic acids is 1. The number of sulfonamides is 1. The normalized spacial score (nSPS) is 12.7. The highest BCUT2D eigenvalue weighted by Crippen LogP contribution is 2.28. The van der Waals surface area contributed by atoms with E-state index >= 15 is 0 Å². The maximum atomic E-state index is 13.9. The molecule has 1 N–H and O–H groups in total. The van der Waals surface area contributed by atoms with Crippen LogP contribution in [0.4, 0.5) is 17.6 Å². The maximum absolute atomic E-state index is 13.9. The molecule has 0 unspecified atom stereocenters. The van der Waals surface area contributed by atoms with E-state index in [0.717, 1.165) is 6.07 Å². The molecule has 5 nitrogen and oxygen atoms in total. The summed E-state index contributed by atoms with van der Waals surface area (Å²) < 4.78 is 74.3. The average molecular weight is 394 g/mol. The van der Waals surface area contributed by atoms with E-state index in [9.17, 15) is 30.8 Å². The minimum Gasteiger partial charge on any atom is -0.478 e. The van der Waals surface area contributed by atoms with Crippen molar-refractivity contribution in [3.63, 3.8) is 0 Å². The quantitative estimate of drug-likeness (QED) is 0.797. The second kappa shape index (κ2) is 5.89. The summed E-state index contributed by atoms with van der Waals surface area (Å²) in [6, 6.07) is 1.50. The van der Waals surface area contributed by atoms with Crippen LogP contribution in [0.15, 0.2) is 21.5 Å². The summed E-state index contributed by atoms with van der Waals surface area (Å²) in [5, 5.41) is 8.76. The third-order valence-corrected chi connectivity index (χ3v) is 4.59. The number of carboxylic acid groups (broad SMARTS) is 1. The van der Waals surface area contributed by atoms with Gasteiger partial charge in [-0.25, -0.2) is 17.6 Å². The SMILES string of the molecule is CN(CC(F)(F)F)S(=O)(=O)c1cc(Br)cc(C(=O)O)c1F. The molecule has 0 aliphatic rings. The van der Waals surface area contributed by atoms with Crippen LogP contribution in [-0.2, 0) is 10.0 Å². The number of nitrogens with zero attached hydrogens (tertiary/aromatic N) is 1. The predicted molar refractivity (Wildman–Crippen MR) is 66.9 cm³/mol. The number of benzene rings is 1. The zero-order valence-corrected chi connectivity index (χ0v) is 12.7. The van der Waals surface area contributed by atoms with Crippen molar-refractivity contribution in [1.29, 1.82) is 0 Å². The van der Waals surface area contributed by atoms with Crippen LogP contribution in [0.3, 0.4) is 0 Å². The van der Waals surface area contributed by atoms with Crippen molar-refractivity contribution in [1.82, 2.24) is 4.31 Å². The summed E-state index contributed by atoms with van der Waals surface area (Å²) in [6.07, 6.45) is -4.82. The van der Waals surface area contributed by atoms with Gasteiger partial charge in [-0.1, -0.05) is 15.9 Å². The van der Waals surface area contributed by atoms with Crippen LogP contribution in [0.25, 0.3) is 0 Å². The minimum atomic E-state index is -4.84. The summed E-state index contributed by atoms with van der Waals surface area (Å²) in [5.41, 5.74) is -0.969. The highest BCUT2D eigenvalue weighted by atomic mass is 79.9. The van der Waals surface area contributed by atoms with Crippen LogP contribution in [0.5, 0.6) is 0 Å². The molecule has 1 rings (SSSR count). The van der Waals surface area contributed by atoms with Crippen LogP contribution in [0, 0.1) is 5.82 Å². The number of aromatic carboxylic acids is 1. The first-order valence-corrected chi connectivity index (χ1v) is 7.35. The van der Waals surface area contributed by atoms with E-state index in [2.05, 4.69) is 15.9 Å². The maximum Gasteiger partial charge on any atom is 0.402 e. The molecule has 0 heterocycles. The minimum absolute atomic E-state index is 0.0970. The van der Waals surface area contributed by atoms with Gasteiger partial charge in [-0.05, 0) is 12.1 Å². The van der Waals surface area contributed by atoms with Crippen molar-refractivity contribution in [3.05, 3.63) is 28.0 Å². The van der Waals surface area contributed by atoms with Crippen LogP contribution in [-0.4, -0.2) is 43.6 Å². The standard InChI is InChI=1S/C10H8BrF4NO4S/c1-16(4-10(13,14)15)21(19,20)7-3-5(11)2-6(8(7)12)9(17)18/h2-3H,4H2,1H3,(H,17,18). The van der Waals surface area contributed by atoms with E-state index < -0.39 is 45.0 Å². The van der Waals surface area contributed by atoms with E-state index in [1.165, 1.54) is 0 Å². The highest BCUT2D eigenvalue weighted by molar-refractivity contribution is 9.10. The highest BCUT2D eigenvalue weighted by Gasteiger charge is 2.36. The number of rotatable bonds is 4. The molecule has 0 radical (unpaired) electrons. The summed E-state index contributed by atoms with van der Waals surface area (Å²) in [7, 11) is -4.22. The number of carbonyl (C=O) groups is 1. The van der Waals surface area contributed by atoms with Gasteiger partial charge < -0.3 is 5.11 Å². The van der Waals surface area contributed by atoms with Gasteiger partial charge in [0.15, 0.2) is 5.82 Å². The molecule has 0 aliphatic heterocycles. The van der Waals surface area contributed by atoms with E-state index in [0.29, 0.717) is 13.1 Å². The third-order valence-electron chi connectivity index (χ3n) is 2.32. The Kier molecular flexibility index (Phi) is 5.01. The van der Waals surface area contributed by atoms with Gasteiger partial charge in [0.25, 0.3) is 0 Å². The van der Waals surface area contributed by atoms with Gasteiger partial charge in [0.1, 0.15) is 11.4 Å². The van der Waals surface area contributed by atoms with Crippen molar-refractivity contribution >= 4 is 31.9 Å². The largest absolute Gasteiger partial charge is 0.478 e. The second-order valence-electron chi connectivity index (χ2n) is 3.95. The number of hydrogen-bond donors (Lipinski definition) is 1. The van der Waals surface area contributed by atoms with E-state index in [1.54, 1.807) is 0 Å². The molecule has 0 atom stereocenters. The monoisotopic (exact) mass is 393 g/mol. The molecule has 0 fully saturated rings. The predicted octanol–water partition coefficient (Wildman–Crippen LogP) is 2.47. The Bertz CT molecular complexity index is 674. The fourth-order valence-electron chi connectivity index (χ4n) is 1.41. The first-order valence-electron chi connectivity index (χ1n) is 5.11.